The first-order valence-corrected chi connectivity index (χ1v) is 10.5. The molecule has 1 fully saturated rings. The predicted octanol–water partition coefficient (Wildman–Crippen LogP) is 2.74. The van der Waals surface area contributed by atoms with Gasteiger partial charge in [0.25, 0.3) is 0 Å². The molecule has 3 rings (SSSR count). The predicted molar refractivity (Wildman–Crippen MR) is 119 cm³/mol. The van der Waals surface area contributed by atoms with E-state index in [9.17, 15) is 4.79 Å². The van der Waals surface area contributed by atoms with Gasteiger partial charge in [-0.1, -0.05) is 24.3 Å². The average Bonchev–Trinajstić information content (AvgIpc) is 2.79. The number of rotatable bonds is 9. The lowest BCUT2D eigenvalue weighted by atomic mass is 10.0. The van der Waals surface area contributed by atoms with Crippen LogP contribution in [-0.4, -0.2) is 69.7 Å². The Balaban J connectivity index is 1.58. The zero-order valence-electron chi connectivity index (χ0n) is 18.3. The minimum atomic E-state index is 0.0819. The summed E-state index contributed by atoms with van der Waals surface area (Å²) in [6.07, 6.45) is 1.20. The summed E-state index contributed by atoms with van der Waals surface area (Å²) in [6, 6.07) is 16.2. The molecule has 0 saturated carbocycles. The number of amides is 1. The standard InChI is InChI=1S/C24H33N3O3/c1-26-14-16-27(17-15-26)23(20-7-11-22(30-3)12-8-20)18-25-24(28)13-6-19-4-9-21(29-2)10-5-19/h4-5,7-12,23H,6,13-18H2,1-3H3,(H,25,28)/t23-/m1/s1. The number of nitrogens with zero attached hydrogens (tertiary/aromatic N) is 2. The van der Waals surface area contributed by atoms with Crippen LogP contribution in [0.2, 0.25) is 0 Å². The molecule has 1 atom stereocenters. The first kappa shape index (κ1) is 22.1. The fourth-order valence-corrected chi connectivity index (χ4v) is 3.77. The molecule has 2 aromatic rings. The Bertz CT molecular complexity index is 784. The van der Waals surface area contributed by atoms with Crippen molar-refractivity contribution >= 4 is 5.91 Å². The number of nitrogens with one attached hydrogen (secondary N) is 1. The summed E-state index contributed by atoms with van der Waals surface area (Å²) in [7, 11) is 5.48. The minimum absolute atomic E-state index is 0.0819. The van der Waals surface area contributed by atoms with Crippen molar-refractivity contribution in [3.8, 4) is 11.5 Å². The Hall–Kier alpha value is -2.57. The highest BCUT2D eigenvalue weighted by molar-refractivity contribution is 5.76. The van der Waals surface area contributed by atoms with Crippen molar-refractivity contribution in [1.82, 2.24) is 15.1 Å². The van der Waals surface area contributed by atoms with Gasteiger partial charge in [0, 0.05) is 39.1 Å². The van der Waals surface area contributed by atoms with Crippen molar-refractivity contribution in [2.45, 2.75) is 18.9 Å². The molecule has 0 unspecified atom stereocenters. The molecule has 1 N–H and O–H groups in total. The molecule has 6 heteroatoms. The van der Waals surface area contributed by atoms with Crippen LogP contribution < -0.4 is 14.8 Å². The van der Waals surface area contributed by atoms with E-state index in [4.69, 9.17) is 9.47 Å². The van der Waals surface area contributed by atoms with Crippen molar-refractivity contribution < 1.29 is 14.3 Å². The number of carbonyl (C=O) groups excluding carboxylic acids is 1. The summed E-state index contributed by atoms with van der Waals surface area (Å²) < 4.78 is 10.5. The van der Waals surface area contributed by atoms with Gasteiger partial charge in [0.2, 0.25) is 5.91 Å². The summed E-state index contributed by atoms with van der Waals surface area (Å²) in [6.45, 7) is 4.68. The number of aryl methyl sites for hydroxylation is 1. The molecule has 0 spiro atoms. The highest BCUT2D eigenvalue weighted by Crippen LogP contribution is 2.24. The Morgan fingerprint density at radius 1 is 0.933 bits per heavy atom. The van der Waals surface area contributed by atoms with Gasteiger partial charge in [0.15, 0.2) is 0 Å². The van der Waals surface area contributed by atoms with Crippen LogP contribution in [0.1, 0.15) is 23.6 Å². The van der Waals surface area contributed by atoms with Crippen molar-refractivity contribution in [1.29, 1.82) is 0 Å². The maximum Gasteiger partial charge on any atom is 0.220 e. The molecular weight excluding hydrogens is 378 g/mol. The zero-order chi connectivity index (χ0) is 21.3. The second-order valence-corrected chi connectivity index (χ2v) is 7.78. The Kier molecular flexibility index (Phi) is 8.11. The van der Waals surface area contributed by atoms with Crippen LogP contribution in [0, 0.1) is 0 Å². The van der Waals surface area contributed by atoms with E-state index in [1.165, 1.54) is 5.56 Å². The van der Waals surface area contributed by atoms with Crippen LogP contribution in [0.3, 0.4) is 0 Å². The molecule has 162 valence electrons. The van der Waals surface area contributed by atoms with E-state index in [1.54, 1.807) is 14.2 Å². The highest BCUT2D eigenvalue weighted by atomic mass is 16.5. The molecule has 1 amide bonds. The van der Waals surface area contributed by atoms with E-state index in [0.29, 0.717) is 13.0 Å². The molecule has 1 aliphatic rings. The second-order valence-electron chi connectivity index (χ2n) is 7.78. The SMILES string of the molecule is COc1ccc(CCC(=O)NC[C@H](c2ccc(OC)cc2)N2CCN(C)CC2)cc1. The fourth-order valence-electron chi connectivity index (χ4n) is 3.77. The summed E-state index contributed by atoms with van der Waals surface area (Å²) in [5, 5.41) is 3.16. The normalized spacial score (nSPS) is 16.1. The molecule has 6 nitrogen and oxygen atoms in total. The molecule has 0 radical (unpaired) electrons. The largest absolute Gasteiger partial charge is 0.497 e. The fraction of sp³-hybridized carbons (Fsp3) is 0.458. The topological polar surface area (TPSA) is 54.0 Å². The number of hydrogen-bond acceptors (Lipinski definition) is 5. The van der Waals surface area contributed by atoms with Gasteiger partial charge in [-0.15, -0.1) is 0 Å². The van der Waals surface area contributed by atoms with Gasteiger partial charge in [-0.05, 0) is 48.9 Å². The first-order valence-electron chi connectivity index (χ1n) is 10.5. The van der Waals surface area contributed by atoms with Crippen molar-refractivity contribution in [2.75, 3.05) is 54.0 Å². The second kappa shape index (κ2) is 11.0. The maximum absolute atomic E-state index is 12.5. The van der Waals surface area contributed by atoms with E-state index in [-0.39, 0.29) is 11.9 Å². The summed E-state index contributed by atoms with van der Waals surface area (Å²) >= 11 is 0. The molecule has 1 aliphatic heterocycles. The van der Waals surface area contributed by atoms with Crippen LogP contribution in [0.15, 0.2) is 48.5 Å². The van der Waals surface area contributed by atoms with Gasteiger partial charge in [-0.2, -0.15) is 0 Å². The summed E-state index contributed by atoms with van der Waals surface area (Å²) in [4.78, 5) is 17.3. The highest BCUT2D eigenvalue weighted by Gasteiger charge is 2.24. The number of ether oxygens (including phenoxy) is 2. The van der Waals surface area contributed by atoms with Gasteiger partial charge in [-0.3, -0.25) is 9.69 Å². The average molecular weight is 412 g/mol. The minimum Gasteiger partial charge on any atom is -0.497 e. The van der Waals surface area contributed by atoms with Crippen molar-refractivity contribution in [3.05, 3.63) is 59.7 Å². The first-order chi connectivity index (χ1) is 14.6. The third kappa shape index (κ3) is 6.21. The molecule has 0 bridgehead atoms. The van der Waals surface area contributed by atoms with Crippen LogP contribution >= 0.6 is 0 Å². The quantitative estimate of drug-likeness (QED) is 0.688. The van der Waals surface area contributed by atoms with Gasteiger partial charge in [0.1, 0.15) is 11.5 Å². The summed E-state index contributed by atoms with van der Waals surface area (Å²) in [5.74, 6) is 1.76. The maximum atomic E-state index is 12.5. The van der Waals surface area contributed by atoms with E-state index in [2.05, 4.69) is 34.3 Å². The number of likely N-dealkylation sites (N-methyl/N-ethyl adjacent to an activating group) is 1. The number of piperazine rings is 1. The number of benzene rings is 2. The van der Waals surface area contributed by atoms with E-state index >= 15 is 0 Å². The summed E-state index contributed by atoms with van der Waals surface area (Å²) in [5.41, 5.74) is 2.34. The Morgan fingerprint density at radius 2 is 1.50 bits per heavy atom. The van der Waals surface area contributed by atoms with Gasteiger partial charge < -0.3 is 19.7 Å². The Morgan fingerprint density at radius 3 is 2.07 bits per heavy atom. The zero-order valence-corrected chi connectivity index (χ0v) is 18.3. The van der Waals surface area contributed by atoms with Gasteiger partial charge in [-0.25, -0.2) is 0 Å². The monoisotopic (exact) mass is 411 g/mol. The lowest BCUT2D eigenvalue weighted by Gasteiger charge is -2.38. The molecule has 1 heterocycles. The molecule has 30 heavy (non-hydrogen) atoms. The van der Waals surface area contributed by atoms with Gasteiger partial charge >= 0.3 is 0 Å². The molecule has 2 aromatic carbocycles. The molecule has 0 aliphatic carbocycles. The number of hydrogen-bond donors (Lipinski definition) is 1. The molecule has 0 aromatic heterocycles. The molecular formula is C24H33N3O3. The van der Waals surface area contributed by atoms with E-state index in [1.807, 2.05) is 36.4 Å². The number of methoxy groups -OCH3 is 2. The van der Waals surface area contributed by atoms with Crippen LogP contribution in [-0.2, 0) is 11.2 Å². The van der Waals surface area contributed by atoms with Crippen LogP contribution in [0.4, 0.5) is 0 Å². The van der Waals surface area contributed by atoms with E-state index < -0.39 is 0 Å². The van der Waals surface area contributed by atoms with Gasteiger partial charge in [0.05, 0.1) is 20.3 Å². The van der Waals surface area contributed by atoms with Crippen LogP contribution in [0.25, 0.3) is 0 Å². The lowest BCUT2D eigenvalue weighted by Crippen LogP contribution is -2.48. The van der Waals surface area contributed by atoms with Crippen molar-refractivity contribution in [2.24, 2.45) is 0 Å². The van der Waals surface area contributed by atoms with Crippen molar-refractivity contribution in [3.63, 3.8) is 0 Å². The van der Waals surface area contributed by atoms with Crippen LogP contribution in [0.5, 0.6) is 11.5 Å². The third-order valence-electron chi connectivity index (χ3n) is 5.77. The lowest BCUT2D eigenvalue weighted by molar-refractivity contribution is -0.121. The Labute approximate surface area is 179 Å². The smallest absolute Gasteiger partial charge is 0.220 e. The molecule has 1 saturated heterocycles. The number of carbonyl (C=O) groups is 1. The third-order valence-corrected chi connectivity index (χ3v) is 5.77. The van der Waals surface area contributed by atoms with E-state index in [0.717, 1.165) is 49.7 Å².